The number of nitriles is 1. The van der Waals surface area contributed by atoms with Crippen molar-refractivity contribution in [2.75, 3.05) is 24.3 Å². The molecule has 0 bridgehead atoms. The van der Waals surface area contributed by atoms with Crippen molar-refractivity contribution in [2.24, 2.45) is 0 Å². The van der Waals surface area contributed by atoms with Crippen molar-refractivity contribution in [3.63, 3.8) is 0 Å². The van der Waals surface area contributed by atoms with Gasteiger partial charge in [0.2, 0.25) is 0 Å². The maximum atomic E-state index is 14.9. The van der Waals surface area contributed by atoms with E-state index in [1.165, 1.54) is 17.0 Å². The standard InChI is InChI=1S/C17H20FN3O2S2/c1-17(2)15(23)21(16(24)20(17)8-4-5-9-22)12-7-6-11(10-19)14(25-3)13(12)18/h6-7,22H,4-5,8-9H2,1-3H3. The second kappa shape index (κ2) is 7.68. The van der Waals surface area contributed by atoms with Gasteiger partial charge >= 0.3 is 0 Å². The van der Waals surface area contributed by atoms with E-state index in [1.54, 1.807) is 25.0 Å². The van der Waals surface area contributed by atoms with E-state index in [0.717, 1.165) is 11.8 Å². The lowest BCUT2D eigenvalue weighted by Gasteiger charge is -2.29. The van der Waals surface area contributed by atoms with Crippen molar-refractivity contribution in [3.05, 3.63) is 23.5 Å². The molecule has 0 aliphatic carbocycles. The van der Waals surface area contributed by atoms with Crippen LogP contribution in [0, 0.1) is 17.1 Å². The Hall–Kier alpha value is -1.69. The maximum Gasteiger partial charge on any atom is 0.258 e. The smallest absolute Gasteiger partial charge is 0.258 e. The van der Waals surface area contributed by atoms with Crippen molar-refractivity contribution in [1.29, 1.82) is 5.26 Å². The van der Waals surface area contributed by atoms with Gasteiger partial charge in [-0.2, -0.15) is 5.26 Å². The van der Waals surface area contributed by atoms with E-state index >= 15 is 0 Å². The number of amides is 1. The van der Waals surface area contributed by atoms with E-state index in [9.17, 15) is 9.18 Å². The van der Waals surface area contributed by atoms with E-state index in [0.29, 0.717) is 19.4 Å². The minimum atomic E-state index is -0.896. The SMILES string of the molecule is CSc1c(C#N)ccc(N2C(=O)C(C)(C)N(CCCCO)C2=S)c1F. The summed E-state index contributed by atoms with van der Waals surface area (Å²) < 4.78 is 14.9. The molecule has 0 aromatic heterocycles. The molecule has 1 aromatic rings. The van der Waals surface area contributed by atoms with Crippen LogP contribution in [0.4, 0.5) is 10.1 Å². The van der Waals surface area contributed by atoms with Gasteiger partial charge in [0.1, 0.15) is 11.6 Å². The topological polar surface area (TPSA) is 67.6 Å². The molecule has 1 fully saturated rings. The lowest BCUT2D eigenvalue weighted by atomic mass is 10.0. The van der Waals surface area contributed by atoms with Crippen LogP contribution >= 0.6 is 24.0 Å². The van der Waals surface area contributed by atoms with Gasteiger partial charge in [0.25, 0.3) is 5.91 Å². The monoisotopic (exact) mass is 381 g/mol. The van der Waals surface area contributed by atoms with E-state index in [-0.39, 0.29) is 33.8 Å². The van der Waals surface area contributed by atoms with Gasteiger partial charge in [0, 0.05) is 13.2 Å². The molecule has 0 unspecified atom stereocenters. The van der Waals surface area contributed by atoms with Crippen LogP contribution in [0.15, 0.2) is 17.0 Å². The molecule has 0 saturated carbocycles. The molecular weight excluding hydrogens is 361 g/mol. The molecule has 1 amide bonds. The molecule has 0 spiro atoms. The number of thioether (sulfide) groups is 1. The average Bonchev–Trinajstić information content (AvgIpc) is 2.74. The van der Waals surface area contributed by atoms with Crippen LogP contribution in [-0.2, 0) is 4.79 Å². The largest absolute Gasteiger partial charge is 0.396 e. The zero-order chi connectivity index (χ0) is 18.8. The Bertz CT molecular complexity index is 746. The summed E-state index contributed by atoms with van der Waals surface area (Å²) >= 11 is 6.57. The summed E-state index contributed by atoms with van der Waals surface area (Å²) in [6.07, 6.45) is 2.95. The predicted octanol–water partition coefficient (Wildman–Crippen LogP) is 2.90. The summed E-state index contributed by atoms with van der Waals surface area (Å²) in [5.41, 5.74) is -0.603. The number of anilines is 1. The molecule has 1 aromatic carbocycles. The molecule has 0 atom stereocenters. The van der Waals surface area contributed by atoms with Crippen molar-refractivity contribution in [3.8, 4) is 6.07 Å². The van der Waals surface area contributed by atoms with Gasteiger partial charge in [-0.15, -0.1) is 11.8 Å². The molecule has 1 aliphatic rings. The van der Waals surface area contributed by atoms with Gasteiger partial charge < -0.3 is 10.0 Å². The van der Waals surface area contributed by atoms with Gasteiger partial charge in [-0.05, 0) is 57.3 Å². The van der Waals surface area contributed by atoms with E-state index in [2.05, 4.69) is 0 Å². The molecule has 25 heavy (non-hydrogen) atoms. The van der Waals surface area contributed by atoms with Gasteiger partial charge in [0.15, 0.2) is 10.9 Å². The quantitative estimate of drug-likeness (QED) is 0.464. The number of rotatable bonds is 6. The minimum absolute atomic E-state index is 0.0658. The highest BCUT2D eigenvalue weighted by Gasteiger charge is 2.49. The van der Waals surface area contributed by atoms with Crippen LogP contribution in [0.1, 0.15) is 32.3 Å². The number of hydrogen-bond acceptors (Lipinski definition) is 5. The lowest BCUT2D eigenvalue weighted by Crippen LogP contribution is -2.44. The molecule has 1 N–H and O–H groups in total. The Morgan fingerprint density at radius 3 is 2.64 bits per heavy atom. The van der Waals surface area contributed by atoms with Crippen LogP contribution < -0.4 is 4.90 Å². The average molecular weight is 381 g/mol. The lowest BCUT2D eigenvalue weighted by molar-refractivity contribution is -0.123. The highest BCUT2D eigenvalue weighted by molar-refractivity contribution is 7.98. The maximum absolute atomic E-state index is 14.9. The Balaban J connectivity index is 2.45. The summed E-state index contributed by atoms with van der Waals surface area (Å²) in [4.78, 5) is 16.1. The number of thiocarbonyl (C=S) groups is 1. The predicted molar refractivity (Wildman–Crippen MR) is 100 cm³/mol. The first-order valence-corrected chi connectivity index (χ1v) is 9.48. The third-order valence-corrected chi connectivity index (χ3v) is 5.47. The first kappa shape index (κ1) is 19.6. The number of carbonyl (C=O) groups excluding carboxylic acids is 1. The van der Waals surface area contributed by atoms with Crippen molar-refractivity contribution in [1.82, 2.24) is 4.90 Å². The van der Waals surface area contributed by atoms with Crippen LogP contribution in [0.25, 0.3) is 0 Å². The van der Waals surface area contributed by atoms with Crippen molar-refractivity contribution < 1.29 is 14.3 Å². The van der Waals surface area contributed by atoms with Crippen LogP contribution in [0.3, 0.4) is 0 Å². The number of halogens is 1. The van der Waals surface area contributed by atoms with Crippen molar-refractivity contribution >= 4 is 40.7 Å². The van der Waals surface area contributed by atoms with Gasteiger partial charge in [0.05, 0.1) is 16.1 Å². The number of unbranched alkanes of at least 4 members (excludes halogenated alkanes) is 1. The fourth-order valence-electron chi connectivity index (χ4n) is 2.81. The van der Waals surface area contributed by atoms with Gasteiger partial charge in [-0.3, -0.25) is 9.69 Å². The number of carbonyl (C=O) groups is 1. The normalized spacial score (nSPS) is 16.5. The molecular formula is C17H20FN3O2S2. The van der Waals surface area contributed by atoms with Crippen molar-refractivity contribution in [2.45, 2.75) is 37.1 Å². The summed E-state index contributed by atoms with van der Waals surface area (Å²) in [5, 5.41) is 18.3. The fourth-order valence-corrected chi connectivity index (χ4v) is 3.93. The van der Waals surface area contributed by atoms with Crippen LogP contribution in [0.2, 0.25) is 0 Å². The first-order chi connectivity index (χ1) is 11.8. The van der Waals surface area contributed by atoms with Gasteiger partial charge in [-0.25, -0.2) is 4.39 Å². The zero-order valence-electron chi connectivity index (χ0n) is 14.4. The minimum Gasteiger partial charge on any atom is -0.396 e. The van der Waals surface area contributed by atoms with E-state index in [4.69, 9.17) is 22.6 Å². The summed E-state index contributed by atoms with van der Waals surface area (Å²) in [7, 11) is 0. The zero-order valence-corrected chi connectivity index (χ0v) is 16.0. The number of aliphatic hydroxyl groups is 1. The third kappa shape index (κ3) is 3.36. The number of nitrogens with zero attached hydrogens (tertiary/aromatic N) is 3. The Kier molecular flexibility index (Phi) is 6.03. The molecule has 8 heteroatoms. The van der Waals surface area contributed by atoms with Gasteiger partial charge in [-0.1, -0.05) is 0 Å². The summed E-state index contributed by atoms with van der Waals surface area (Å²) in [5.74, 6) is -0.924. The Morgan fingerprint density at radius 2 is 2.08 bits per heavy atom. The van der Waals surface area contributed by atoms with Crippen LogP contribution in [-0.4, -0.2) is 46.0 Å². The number of hydrogen-bond donors (Lipinski definition) is 1. The summed E-state index contributed by atoms with van der Waals surface area (Å²) in [6.45, 7) is 4.07. The Labute approximate surface area is 156 Å². The third-order valence-electron chi connectivity index (χ3n) is 4.26. The molecule has 5 nitrogen and oxygen atoms in total. The molecule has 134 valence electrons. The second-order valence-corrected chi connectivity index (χ2v) is 7.34. The molecule has 0 radical (unpaired) electrons. The first-order valence-electron chi connectivity index (χ1n) is 7.84. The second-order valence-electron chi connectivity index (χ2n) is 6.16. The molecule has 2 rings (SSSR count). The number of aliphatic hydroxyl groups excluding tert-OH is 1. The fraction of sp³-hybridized carbons (Fsp3) is 0.471. The Morgan fingerprint density at radius 1 is 1.40 bits per heavy atom. The summed E-state index contributed by atoms with van der Waals surface area (Å²) in [6, 6.07) is 4.88. The van der Waals surface area contributed by atoms with E-state index < -0.39 is 11.4 Å². The molecule has 1 saturated heterocycles. The highest BCUT2D eigenvalue weighted by Crippen LogP contribution is 2.37. The molecule has 1 heterocycles. The highest BCUT2D eigenvalue weighted by atomic mass is 32.2. The molecule has 1 aliphatic heterocycles. The van der Waals surface area contributed by atoms with Crippen LogP contribution in [0.5, 0.6) is 0 Å². The number of benzene rings is 1. The van der Waals surface area contributed by atoms with E-state index in [1.807, 2.05) is 6.07 Å².